The van der Waals surface area contributed by atoms with Crippen molar-refractivity contribution < 1.29 is 5.11 Å². The Morgan fingerprint density at radius 3 is 2.70 bits per heavy atom. The van der Waals surface area contributed by atoms with Crippen LogP contribution in [-0.4, -0.2) is 28.2 Å². The summed E-state index contributed by atoms with van der Waals surface area (Å²) in [6, 6.07) is 8.38. The van der Waals surface area contributed by atoms with Crippen molar-refractivity contribution >= 4 is 23.5 Å². The van der Waals surface area contributed by atoms with E-state index in [1.807, 2.05) is 0 Å². The Morgan fingerprint density at radius 1 is 1.30 bits per heavy atom. The molecular formula is C14H18N4OS. The predicted molar refractivity (Wildman–Crippen MR) is 82.0 cm³/mol. The van der Waals surface area contributed by atoms with E-state index < -0.39 is 0 Å². The maximum Gasteiger partial charge on any atom is 0.221 e. The van der Waals surface area contributed by atoms with E-state index >= 15 is 0 Å². The molecule has 20 heavy (non-hydrogen) atoms. The van der Waals surface area contributed by atoms with Crippen LogP contribution in [0.25, 0.3) is 0 Å². The van der Waals surface area contributed by atoms with Gasteiger partial charge < -0.3 is 16.2 Å². The minimum Gasteiger partial charge on any atom is -0.395 e. The second kappa shape index (κ2) is 7.12. The smallest absolute Gasteiger partial charge is 0.221 e. The van der Waals surface area contributed by atoms with Crippen LogP contribution in [0, 0.1) is 0 Å². The van der Waals surface area contributed by atoms with Gasteiger partial charge >= 0.3 is 0 Å². The van der Waals surface area contributed by atoms with Crippen LogP contribution in [0.3, 0.4) is 0 Å². The van der Waals surface area contributed by atoms with E-state index in [9.17, 15) is 0 Å². The molecular weight excluding hydrogens is 272 g/mol. The second-order valence-electron chi connectivity index (χ2n) is 4.19. The second-order valence-corrected chi connectivity index (χ2v) is 5.31. The van der Waals surface area contributed by atoms with Crippen LogP contribution in [0.5, 0.6) is 0 Å². The summed E-state index contributed by atoms with van der Waals surface area (Å²) >= 11 is 1.57. The van der Waals surface area contributed by atoms with Crippen molar-refractivity contribution in [3.8, 4) is 0 Å². The zero-order chi connectivity index (χ0) is 14.4. The van der Waals surface area contributed by atoms with Gasteiger partial charge in [-0.1, -0.05) is 30.8 Å². The molecule has 0 radical (unpaired) electrons. The number of aliphatic hydroxyl groups is 1. The van der Waals surface area contributed by atoms with Gasteiger partial charge in [-0.2, -0.15) is 4.98 Å². The third-order valence-electron chi connectivity index (χ3n) is 2.74. The first-order valence-electron chi connectivity index (χ1n) is 6.47. The number of nitrogens with zero attached hydrogens (tertiary/aromatic N) is 2. The van der Waals surface area contributed by atoms with Gasteiger partial charge in [-0.05, 0) is 24.1 Å². The van der Waals surface area contributed by atoms with Gasteiger partial charge in [-0.3, -0.25) is 0 Å². The fourth-order valence-electron chi connectivity index (χ4n) is 1.68. The number of nitrogens with one attached hydrogen (secondary N) is 1. The third-order valence-corrected chi connectivity index (χ3v) is 3.76. The van der Waals surface area contributed by atoms with Crippen LogP contribution in [0.2, 0.25) is 0 Å². The largest absolute Gasteiger partial charge is 0.395 e. The van der Waals surface area contributed by atoms with E-state index in [0.717, 1.165) is 16.2 Å². The SMILES string of the molecule is CCc1ccc(Sc2cnc(N)nc2NCCO)cc1. The van der Waals surface area contributed by atoms with Crippen molar-refractivity contribution in [2.24, 2.45) is 0 Å². The standard InChI is InChI=1S/C14H18N4OS/c1-2-10-3-5-11(6-4-10)20-12-9-17-14(15)18-13(12)16-7-8-19/h3-6,9,19H,2,7-8H2,1H3,(H3,15,16,17,18). The predicted octanol–water partition coefficient (Wildman–Crippen LogP) is 2.18. The monoisotopic (exact) mass is 290 g/mol. The Labute approximate surface area is 122 Å². The third kappa shape index (κ3) is 3.85. The zero-order valence-corrected chi connectivity index (χ0v) is 12.2. The molecule has 0 bridgehead atoms. The first-order valence-corrected chi connectivity index (χ1v) is 7.28. The normalized spacial score (nSPS) is 10.5. The van der Waals surface area contributed by atoms with Gasteiger partial charge in [0.25, 0.3) is 0 Å². The van der Waals surface area contributed by atoms with Crippen LogP contribution in [0.15, 0.2) is 40.3 Å². The maximum atomic E-state index is 8.89. The molecule has 0 amide bonds. The number of aryl methyl sites for hydroxylation is 1. The molecule has 0 unspecified atom stereocenters. The molecule has 1 aromatic heterocycles. The number of benzene rings is 1. The van der Waals surface area contributed by atoms with Crippen LogP contribution in [0.1, 0.15) is 12.5 Å². The van der Waals surface area contributed by atoms with Crippen molar-refractivity contribution in [2.75, 3.05) is 24.2 Å². The van der Waals surface area contributed by atoms with E-state index in [-0.39, 0.29) is 12.6 Å². The van der Waals surface area contributed by atoms with Gasteiger partial charge in [0.1, 0.15) is 5.82 Å². The van der Waals surface area contributed by atoms with E-state index in [1.165, 1.54) is 5.56 Å². The summed E-state index contributed by atoms with van der Waals surface area (Å²) in [5, 5.41) is 11.9. The summed E-state index contributed by atoms with van der Waals surface area (Å²) in [7, 11) is 0. The van der Waals surface area contributed by atoms with Gasteiger partial charge in [0, 0.05) is 17.6 Å². The average Bonchev–Trinajstić information content (AvgIpc) is 2.48. The van der Waals surface area contributed by atoms with E-state index in [4.69, 9.17) is 10.8 Å². The highest BCUT2D eigenvalue weighted by Gasteiger charge is 2.07. The molecule has 106 valence electrons. The van der Waals surface area contributed by atoms with E-state index in [2.05, 4.69) is 46.5 Å². The van der Waals surface area contributed by atoms with Crippen molar-refractivity contribution in [2.45, 2.75) is 23.1 Å². The Balaban J connectivity index is 2.18. The number of aromatic nitrogens is 2. The first-order chi connectivity index (χ1) is 9.72. The number of nitrogens with two attached hydrogens (primary N) is 1. The molecule has 0 saturated carbocycles. The molecule has 4 N–H and O–H groups in total. The van der Waals surface area contributed by atoms with E-state index in [1.54, 1.807) is 18.0 Å². The van der Waals surface area contributed by atoms with Crippen molar-refractivity contribution in [1.82, 2.24) is 9.97 Å². The number of hydrogen-bond donors (Lipinski definition) is 3. The van der Waals surface area contributed by atoms with Crippen LogP contribution < -0.4 is 11.1 Å². The molecule has 2 aromatic rings. The molecule has 0 spiro atoms. The molecule has 0 aliphatic rings. The maximum absolute atomic E-state index is 8.89. The summed E-state index contributed by atoms with van der Waals surface area (Å²) in [5.41, 5.74) is 6.90. The summed E-state index contributed by atoms with van der Waals surface area (Å²) in [6.07, 6.45) is 2.72. The molecule has 1 aromatic carbocycles. The quantitative estimate of drug-likeness (QED) is 0.756. The van der Waals surface area contributed by atoms with Crippen molar-refractivity contribution in [3.05, 3.63) is 36.0 Å². The highest BCUT2D eigenvalue weighted by Crippen LogP contribution is 2.32. The fraction of sp³-hybridized carbons (Fsp3) is 0.286. The van der Waals surface area contributed by atoms with Crippen LogP contribution in [-0.2, 0) is 6.42 Å². The van der Waals surface area contributed by atoms with E-state index in [0.29, 0.717) is 12.4 Å². The minimum atomic E-state index is 0.0409. The van der Waals surface area contributed by atoms with Crippen LogP contribution in [0.4, 0.5) is 11.8 Å². The molecule has 6 heteroatoms. The highest BCUT2D eigenvalue weighted by molar-refractivity contribution is 7.99. The van der Waals surface area contributed by atoms with Gasteiger partial charge in [0.05, 0.1) is 11.5 Å². The molecule has 0 atom stereocenters. The Kier molecular flexibility index (Phi) is 5.20. The molecule has 2 rings (SSSR count). The number of nitrogen functional groups attached to an aromatic ring is 1. The lowest BCUT2D eigenvalue weighted by Crippen LogP contribution is -2.09. The lowest BCUT2D eigenvalue weighted by Gasteiger charge is -2.10. The molecule has 0 saturated heterocycles. The summed E-state index contributed by atoms with van der Waals surface area (Å²) < 4.78 is 0. The number of aliphatic hydroxyl groups excluding tert-OH is 1. The Hall–Kier alpha value is -1.79. The zero-order valence-electron chi connectivity index (χ0n) is 11.3. The number of anilines is 2. The first kappa shape index (κ1) is 14.6. The summed E-state index contributed by atoms with van der Waals surface area (Å²) in [5.74, 6) is 0.868. The van der Waals surface area contributed by atoms with Gasteiger partial charge in [-0.15, -0.1) is 0 Å². The number of hydrogen-bond acceptors (Lipinski definition) is 6. The lowest BCUT2D eigenvalue weighted by atomic mass is 10.2. The van der Waals surface area contributed by atoms with Gasteiger partial charge in [0.2, 0.25) is 5.95 Å². The molecule has 0 aliphatic heterocycles. The Morgan fingerprint density at radius 2 is 2.05 bits per heavy atom. The lowest BCUT2D eigenvalue weighted by molar-refractivity contribution is 0.311. The molecule has 0 fully saturated rings. The molecule has 5 nitrogen and oxygen atoms in total. The topological polar surface area (TPSA) is 84.1 Å². The van der Waals surface area contributed by atoms with Crippen LogP contribution >= 0.6 is 11.8 Å². The number of rotatable bonds is 6. The van der Waals surface area contributed by atoms with Crippen molar-refractivity contribution in [3.63, 3.8) is 0 Å². The summed E-state index contributed by atoms with van der Waals surface area (Å²) in [4.78, 5) is 10.2. The average molecular weight is 290 g/mol. The van der Waals surface area contributed by atoms with Gasteiger partial charge in [0.15, 0.2) is 0 Å². The fourth-order valence-corrected chi connectivity index (χ4v) is 2.53. The minimum absolute atomic E-state index is 0.0409. The summed E-state index contributed by atoms with van der Waals surface area (Å²) in [6.45, 7) is 2.60. The van der Waals surface area contributed by atoms with Crippen molar-refractivity contribution in [1.29, 1.82) is 0 Å². The molecule has 0 aliphatic carbocycles. The Bertz CT molecular complexity index is 560. The molecule has 1 heterocycles. The van der Waals surface area contributed by atoms with Gasteiger partial charge in [-0.25, -0.2) is 4.98 Å². The highest BCUT2D eigenvalue weighted by atomic mass is 32.2.